The van der Waals surface area contributed by atoms with Gasteiger partial charge in [0, 0.05) is 30.0 Å². The molecule has 0 aliphatic heterocycles. The topological polar surface area (TPSA) is 101 Å². The van der Waals surface area contributed by atoms with Crippen molar-refractivity contribution in [2.45, 2.75) is 13.5 Å². The third-order valence-electron chi connectivity index (χ3n) is 5.03. The van der Waals surface area contributed by atoms with Crippen molar-refractivity contribution in [1.82, 2.24) is 20.1 Å². The molecule has 2 aromatic carbocycles. The van der Waals surface area contributed by atoms with Crippen LogP contribution in [0.4, 0.5) is 16.2 Å². The molecule has 0 fully saturated rings. The van der Waals surface area contributed by atoms with E-state index in [4.69, 9.17) is 4.98 Å². The minimum atomic E-state index is -0.327. The number of hydrogen-bond acceptors (Lipinski definition) is 4. The van der Waals surface area contributed by atoms with Crippen molar-refractivity contribution >= 4 is 34.3 Å². The van der Waals surface area contributed by atoms with Crippen molar-refractivity contribution in [1.29, 1.82) is 0 Å². The van der Waals surface area contributed by atoms with Crippen LogP contribution in [0.5, 0.6) is 0 Å². The summed E-state index contributed by atoms with van der Waals surface area (Å²) in [5, 5.41) is 13.4. The smallest absolute Gasteiger partial charge is 0.319 e. The van der Waals surface area contributed by atoms with Crippen molar-refractivity contribution < 1.29 is 9.59 Å². The Morgan fingerprint density at radius 3 is 2.39 bits per heavy atom. The molecule has 0 saturated heterocycles. The van der Waals surface area contributed by atoms with E-state index in [1.165, 1.54) is 0 Å². The first-order valence-electron chi connectivity index (χ1n) is 10.6. The highest BCUT2D eigenvalue weighted by Crippen LogP contribution is 2.26. The van der Waals surface area contributed by atoms with Crippen molar-refractivity contribution in [3.8, 4) is 11.3 Å². The number of carbonyl (C=O) groups excluding carboxylic acids is 2. The fraction of sp³-hybridized carbons (Fsp3) is 0.120. The van der Waals surface area contributed by atoms with Crippen LogP contribution in [-0.4, -0.2) is 33.2 Å². The number of aryl methyl sites for hydroxylation is 1. The number of benzene rings is 2. The van der Waals surface area contributed by atoms with Crippen molar-refractivity contribution in [2.24, 2.45) is 0 Å². The number of amides is 3. The molecular weight excluding hydrogens is 416 g/mol. The van der Waals surface area contributed by atoms with E-state index in [1.807, 2.05) is 37.3 Å². The molecule has 8 heteroatoms. The van der Waals surface area contributed by atoms with Crippen molar-refractivity contribution in [3.05, 3.63) is 85.1 Å². The minimum Gasteiger partial charge on any atom is -0.334 e. The molecule has 4 aromatic rings. The lowest BCUT2D eigenvalue weighted by molar-refractivity contribution is 0.102. The summed E-state index contributed by atoms with van der Waals surface area (Å²) in [6.45, 7) is 6.56. The summed E-state index contributed by atoms with van der Waals surface area (Å²) in [5.74, 6) is -0.264. The van der Waals surface area contributed by atoms with Crippen LogP contribution in [0.2, 0.25) is 0 Å². The van der Waals surface area contributed by atoms with Crippen molar-refractivity contribution in [2.75, 3.05) is 17.2 Å². The van der Waals surface area contributed by atoms with Gasteiger partial charge in [0.25, 0.3) is 5.91 Å². The number of aromatic nitrogens is 3. The maximum absolute atomic E-state index is 13.2. The van der Waals surface area contributed by atoms with Gasteiger partial charge >= 0.3 is 6.03 Å². The number of hydrogen-bond donors (Lipinski definition) is 3. The van der Waals surface area contributed by atoms with E-state index in [2.05, 4.69) is 27.6 Å². The number of fused-ring (bicyclic) bond motifs is 1. The van der Waals surface area contributed by atoms with E-state index in [-0.39, 0.29) is 11.9 Å². The monoisotopic (exact) mass is 440 g/mol. The van der Waals surface area contributed by atoms with E-state index in [0.29, 0.717) is 46.8 Å². The third-order valence-corrected chi connectivity index (χ3v) is 5.03. The highest BCUT2D eigenvalue weighted by atomic mass is 16.2. The lowest BCUT2D eigenvalue weighted by Gasteiger charge is -2.10. The molecule has 0 aliphatic carbocycles. The maximum atomic E-state index is 13.2. The van der Waals surface area contributed by atoms with E-state index in [1.54, 1.807) is 47.3 Å². The third kappa shape index (κ3) is 4.90. The molecule has 0 saturated carbocycles. The van der Waals surface area contributed by atoms with Crippen LogP contribution in [-0.2, 0) is 6.54 Å². The van der Waals surface area contributed by atoms with Gasteiger partial charge in [0.05, 0.1) is 22.8 Å². The van der Waals surface area contributed by atoms with Gasteiger partial charge < -0.3 is 16.0 Å². The van der Waals surface area contributed by atoms with E-state index in [0.717, 1.165) is 5.56 Å². The molecule has 3 amide bonds. The van der Waals surface area contributed by atoms with Crippen LogP contribution >= 0.6 is 0 Å². The molecule has 33 heavy (non-hydrogen) atoms. The first-order valence-corrected chi connectivity index (χ1v) is 10.6. The van der Waals surface area contributed by atoms with Gasteiger partial charge in [0.1, 0.15) is 0 Å². The van der Waals surface area contributed by atoms with Crippen molar-refractivity contribution in [3.63, 3.8) is 0 Å². The average Bonchev–Trinajstić information content (AvgIpc) is 3.27. The summed E-state index contributed by atoms with van der Waals surface area (Å²) in [5.41, 5.74) is 3.98. The number of nitrogens with one attached hydrogen (secondary N) is 3. The van der Waals surface area contributed by atoms with Crippen LogP contribution < -0.4 is 16.0 Å². The molecule has 0 unspecified atom stereocenters. The molecule has 0 atom stereocenters. The second kappa shape index (κ2) is 9.78. The molecule has 2 aromatic heterocycles. The largest absolute Gasteiger partial charge is 0.334 e. The highest BCUT2D eigenvalue weighted by Gasteiger charge is 2.17. The quantitative estimate of drug-likeness (QED) is 0.363. The Labute approximate surface area is 191 Å². The first-order chi connectivity index (χ1) is 16.1. The zero-order chi connectivity index (χ0) is 23.2. The van der Waals surface area contributed by atoms with Gasteiger partial charge in [0.2, 0.25) is 0 Å². The summed E-state index contributed by atoms with van der Waals surface area (Å²) in [6.07, 6.45) is 3.27. The van der Waals surface area contributed by atoms with Crippen LogP contribution in [0, 0.1) is 0 Å². The summed E-state index contributed by atoms with van der Waals surface area (Å²) in [7, 11) is 0. The Morgan fingerprint density at radius 2 is 1.73 bits per heavy atom. The normalized spacial score (nSPS) is 10.6. The summed E-state index contributed by atoms with van der Waals surface area (Å²) >= 11 is 0. The Hall–Kier alpha value is -4.46. The van der Waals surface area contributed by atoms with Crippen LogP contribution in [0.1, 0.15) is 17.3 Å². The van der Waals surface area contributed by atoms with Gasteiger partial charge in [-0.1, -0.05) is 36.4 Å². The number of nitrogens with zero attached hydrogens (tertiary/aromatic N) is 3. The summed E-state index contributed by atoms with van der Waals surface area (Å²) in [6, 6.07) is 18.1. The zero-order valence-electron chi connectivity index (χ0n) is 18.2. The number of pyridine rings is 1. The molecule has 0 bridgehead atoms. The molecule has 166 valence electrons. The second-order valence-electron chi connectivity index (χ2n) is 7.27. The molecule has 0 aliphatic rings. The molecule has 3 N–H and O–H groups in total. The Kier molecular flexibility index (Phi) is 6.45. The predicted octanol–water partition coefficient (Wildman–Crippen LogP) is 4.68. The first kappa shape index (κ1) is 21.8. The van der Waals surface area contributed by atoms with Gasteiger partial charge in [-0.15, -0.1) is 6.58 Å². The number of carbonyl (C=O) groups is 2. The van der Waals surface area contributed by atoms with E-state index >= 15 is 0 Å². The SMILES string of the molecule is C=CCNC(=O)Nc1ccc(NC(=O)c2cc(-c3ccccc3)nc3c2cnn3CC)cc1. The maximum Gasteiger partial charge on any atom is 0.319 e. The highest BCUT2D eigenvalue weighted by molar-refractivity contribution is 6.12. The lowest BCUT2D eigenvalue weighted by Crippen LogP contribution is -2.28. The summed E-state index contributed by atoms with van der Waals surface area (Å²) in [4.78, 5) is 29.7. The van der Waals surface area contributed by atoms with E-state index in [9.17, 15) is 9.59 Å². The van der Waals surface area contributed by atoms with Gasteiger partial charge in [-0.3, -0.25) is 4.79 Å². The summed E-state index contributed by atoms with van der Waals surface area (Å²) < 4.78 is 1.77. The number of urea groups is 1. The van der Waals surface area contributed by atoms with Gasteiger partial charge in [-0.2, -0.15) is 5.10 Å². The average molecular weight is 441 g/mol. The second-order valence-corrected chi connectivity index (χ2v) is 7.27. The van der Waals surface area contributed by atoms with Gasteiger partial charge in [-0.25, -0.2) is 14.5 Å². The number of anilines is 2. The van der Waals surface area contributed by atoms with Crippen LogP contribution in [0.25, 0.3) is 22.3 Å². The molecule has 0 radical (unpaired) electrons. The molecular formula is C25H24N6O2. The minimum absolute atomic E-state index is 0.264. The Morgan fingerprint density at radius 1 is 1.03 bits per heavy atom. The molecule has 2 heterocycles. The Balaban J connectivity index is 1.59. The molecule has 4 rings (SSSR count). The fourth-order valence-electron chi connectivity index (χ4n) is 3.40. The standard InChI is InChI=1S/C25H24N6O2/c1-3-14-26-25(33)29-19-12-10-18(11-13-19)28-24(32)20-15-22(17-8-6-5-7-9-17)30-23-21(20)16-27-31(23)4-2/h3,5-13,15-16H,1,4,14H2,2H3,(H,28,32)(H2,26,29,33). The fourth-order valence-corrected chi connectivity index (χ4v) is 3.40. The molecule has 8 nitrogen and oxygen atoms in total. The van der Waals surface area contributed by atoms with E-state index < -0.39 is 0 Å². The number of rotatable bonds is 7. The lowest BCUT2D eigenvalue weighted by atomic mass is 10.1. The zero-order valence-corrected chi connectivity index (χ0v) is 18.2. The van der Waals surface area contributed by atoms with Gasteiger partial charge in [-0.05, 0) is 37.3 Å². The van der Waals surface area contributed by atoms with Crippen LogP contribution in [0.15, 0.2) is 79.5 Å². The van der Waals surface area contributed by atoms with Crippen LogP contribution in [0.3, 0.4) is 0 Å². The predicted molar refractivity (Wildman–Crippen MR) is 130 cm³/mol. The molecule has 0 spiro atoms. The Bertz CT molecular complexity index is 1300. The van der Waals surface area contributed by atoms with Gasteiger partial charge in [0.15, 0.2) is 5.65 Å².